The van der Waals surface area contributed by atoms with E-state index in [9.17, 15) is 4.79 Å². The van der Waals surface area contributed by atoms with Crippen LogP contribution in [0.3, 0.4) is 0 Å². The number of aromatic nitrogens is 3. The van der Waals surface area contributed by atoms with Crippen molar-refractivity contribution in [3.8, 4) is 5.75 Å². The van der Waals surface area contributed by atoms with Gasteiger partial charge >= 0.3 is 0 Å². The number of rotatable bonds is 4. The maximum absolute atomic E-state index is 13.2. The lowest BCUT2D eigenvalue weighted by molar-refractivity contribution is 0.0746. The van der Waals surface area contributed by atoms with Crippen LogP contribution in [0.15, 0.2) is 36.5 Å². The Bertz CT molecular complexity index is 1020. The second-order valence-electron chi connectivity index (χ2n) is 7.69. The summed E-state index contributed by atoms with van der Waals surface area (Å²) >= 11 is 0. The Kier molecular flexibility index (Phi) is 5.13. The molecule has 0 saturated carbocycles. The fourth-order valence-electron chi connectivity index (χ4n) is 3.79. The molecule has 0 spiro atoms. The standard InChI is InChI=1S/C22H27N5O2/c1-15(2)27-21-17(14-23-27)13-20(16(3)24-21)22(28)26-11-9-25(10-12-26)18-5-7-19(29-4)8-6-18/h5-8,13-15H,9-12H2,1-4H3. The van der Waals surface area contributed by atoms with Crippen LogP contribution in [-0.2, 0) is 0 Å². The van der Waals surface area contributed by atoms with Crippen LogP contribution >= 0.6 is 0 Å². The summed E-state index contributed by atoms with van der Waals surface area (Å²) in [5.74, 6) is 0.894. The van der Waals surface area contributed by atoms with Crippen molar-refractivity contribution in [3.05, 3.63) is 47.8 Å². The molecule has 7 heteroatoms. The van der Waals surface area contributed by atoms with E-state index in [1.54, 1.807) is 13.3 Å². The van der Waals surface area contributed by atoms with Gasteiger partial charge in [-0.05, 0) is 51.1 Å². The molecular weight excluding hydrogens is 366 g/mol. The minimum absolute atomic E-state index is 0.0450. The molecule has 3 aromatic rings. The topological polar surface area (TPSA) is 63.5 Å². The van der Waals surface area contributed by atoms with Crippen LogP contribution in [0.4, 0.5) is 5.69 Å². The number of hydrogen-bond acceptors (Lipinski definition) is 5. The molecule has 1 saturated heterocycles. The number of nitrogens with zero attached hydrogens (tertiary/aromatic N) is 5. The van der Waals surface area contributed by atoms with E-state index in [1.807, 2.05) is 34.7 Å². The average molecular weight is 393 g/mol. The Balaban J connectivity index is 1.48. The van der Waals surface area contributed by atoms with Gasteiger partial charge < -0.3 is 14.5 Å². The highest BCUT2D eigenvalue weighted by molar-refractivity contribution is 5.98. The molecular formula is C22H27N5O2. The zero-order valence-corrected chi connectivity index (χ0v) is 17.4. The van der Waals surface area contributed by atoms with Gasteiger partial charge in [0, 0.05) is 43.3 Å². The van der Waals surface area contributed by atoms with Crippen LogP contribution in [0.2, 0.25) is 0 Å². The van der Waals surface area contributed by atoms with Gasteiger partial charge in [-0.15, -0.1) is 0 Å². The van der Waals surface area contributed by atoms with E-state index >= 15 is 0 Å². The van der Waals surface area contributed by atoms with Crippen LogP contribution in [0.25, 0.3) is 11.0 Å². The monoisotopic (exact) mass is 393 g/mol. The van der Waals surface area contributed by atoms with E-state index in [4.69, 9.17) is 4.74 Å². The van der Waals surface area contributed by atoms with E-state index in [1.165, 1.54) is 0 Å². The first kappa shape index (κ1) is 19.2. The number of benzene rings is 1. The third-order valence-electron chi connectivity index (χ3n) is 5.48. The van der Waals surface area contributed by atoms with E-state index in [0.29, 0.717) is 18.7 Å². The average Bonchev–Trinajstić information content (AvgIpc) is 3.16. The Hall–Kier alpha value is -3.09. The highest BCUT2D eigenvalue weighted by Crippen LogP contribution is 2.23. The number of methoxy groups -OCH3 is 1. The summed E-state index contributed by atoms with van der Waals surface area (Å²) in [5, 5.41) is 5.33. The fraction of sp³-hybridized carbons (Fsp3) is 0.409. The molecule has 1 fully saturated rings. The predicted octanol–water partition coefficient (Wildman–Crippen LogP) is 3.29. The molecule has 2 aromatic heterocycles. The summed E-state index contributed by atoms with van der Waals surface area (Å²) in [7, 11) is 1.67. The summed E-state index contributed by atoms with van der Waals surface area (Å²) in [6.45, 7) is 9.03. The maximum Gasteiger partial charge on any atom is 0.255 e. The molecule has 0 radical (unpaired) electrons. The minimum atomic E-state index is 0.0450. The molecule has 1 aliphatic heterocycles. The van der Waals surface area contributed by atoms with Gasteiger partial charge in [-0.1, -0.05) is 0 Å². The van der Waals surface area contributed by atoms with E-state index < -0.39 is 0 Å². The molecule has 0 atom stereocenters. The first-order chi connectivity index (χ1) is 14.0. The van der Waals surface area contributed by atoms with Crippen molar-refractivity contribution in [1.82, 2.24) is 19.7 Å². The van der Waals surface area contributed by atoms with Crippen LogP contribution in [0.5, 0.6) is 5.75 Å². The quantitative estimate of drug-likeness (QED) is 0.681. The zero-order valence-electron chi connectivity index (χ0n) is 17.4. The smallest absolute Gasteiger partial charge is 0.255 e. The Morgan fingerprint density at radius 1 is 1.10 bits per heavy atom. The number of ether oxygens (including phenoxy) is 1. The Morgan fingerprint density at radius 2 is 1.79 bits per heavy atom. The number of carbonyl (C=O) groups is 1. The zero-order chi connectivity index (χ0) is 20.5. The number of piperazine rings is 1. The van der Waals surface area contributed by atoms with E-state index in [-0.39, 0.29) is 11.9 Å². The first-order valence-corrected chi connectivity index (χ1v) is 10.0. The lowest BCUT2D eigenvalue weighted by atomic mass is 10.1. The lowest BCUT2D eigenvalue weighted by Gasteiger charge is -2.36. The first-order valence-electron chi connectivity index (χ1n) is 10.0. The second kappa shape index (κ2) is 7.73. The molecule has 0 aliphatic carbocycles. The van der Waals surface area contributed by atoms with Gasteiger partial charge in [0.05, 0.1) is 24.6 Å². The predicted molar refractivity (Wildman–Crippen MR) is 114 cm³/mol. The molecule has 152 valence electrons. The van der Waals surface area contributed by atoms with Gasteiger partial charge in [-0.25, -0.2) is 9.67 Å². The number of hydrogen-bond donors (Lipinski definition) is 0. The highest BCUT2D eigenvalue weighted by Gasteiger charge is 2.24. The summed E-state index contributed by atoms with van der Waals surface area (Å²) < 4.78 is 7.12. The van der Waals surface area contributed by atoms with Gasteiger partial charge in [0.1, 0.15) is 5.75 Å². The fourth-order valence-corrected chi connectivity index (χ4v) is 3.79. The van der Waals surface area contributed by atoms with Gasteiger partial charge in [-0.2, -0.15) is 5.10 Å². The van der Waals surface area contributed by atoms with Crippen molar-refractivity contribution in [3.63, 3.8) is 0 Å². The number of pyridine rings is 1. The van der Waals surface area contributed by atoms with Gasteiger partial charge in [0.15, 0.2) is 5.65 Å². The summed E-state index contributed by atoms with van der Waals surface area (Å²) in [5.41, 5.74) is 3.40. The Labute approximate surface area is 170 Å². The Morgan fingerprint density at radius 3 is 2.41 bits per heavy atom. The van der Waals surface area contributed by atoms with Crippen LogP contribution < -0.4 is 9.64 Å². The van der Waals surface area contributed by atoms with Crippen molar-refractivity contribution in [1.29, 1.82) is 0 Å². The molecule has 3 heterocycles. The molecule has 0 unspecified atom stereocenters. The summed E-state index contributed by atoms with van der Waals surface area (Å²) in [6, 6.07) is 10.2. The molecule has 1 amide bonds. The van der Waals surface area contributed by atoms with Crippen LogP contribution in [0, 0.1) is 6.92 Å². The third-order valence-corrected chi connectivity index (χ3v) is 5.48. The van der Waals surface area contributed by atoms with Crippen molar-refractivity contribution in [2.24, 2.45) is 0 Å². The molecule has 1 aliphatic rings. The normalized spacial score (nSPS) is 14.7. The van der Waals surface area contributed by atoms with Crippen molar-refractivity contribution >= 4 is 22.6 Å². The molecule has 0 bridgehead atoms. The molecule has 1 aromatic carbocycles. The summed E-state index contributed by atoms with van der Waals surface area (Å²) in [6.07, 6.45) is 1.79. The van der Waals surface area contributed by atoms with Crippen molar-refractivity contribution < 1.29 is 9.53 Å². The van der Waals surface area contributed by atoms with Crippen LogP contribution in [0.1, 0.15) is 35.9 Å². The second-order valence-corrected chi connectivity index (χ2v) is 7.69. The van der Waals surface area contributed by atoms with Crippen molar-refractivity contribution in [2.45, 2.75) is 26.8 Å². The van der Waals surface area contributed by atoms with E-state index in [0.717, 1.165) is 41.3 Å². The highest BCUT2D eigenvalue weighted by atomic mass is 16.5. The maximum atomic E-state index is 13.2. The SMILES string of the molecule is COc1ccc(N2CCN(C(=O)c3cc4cnn(C(C)C)c4nc3C)CC2)cc1. The lowest BCUT2D eigenvalue weighted by Crippen LogP contribution is -2.49. The third kappa shape index (κ3) is 3.64. The summed E-state index contributed by atoms with van der Waals surface area (Å²) in [4.78, 5) is 22.1. The van der Waals surface area contributed by atoms with Crippen LogP contribution in [-0.4, -0.2) is 58.9 Å². The van der Waals surface area contributed by atoms with Gasteiger partial charge in [0.2, 0.25) is 0 Å². The van der Waals surface area contributed by atoms with E-state index in [2.05, 4.69) is 41.0 Å². The molecule has 0 N–H and O–H groups in total. The molecule has 29 heavy (non-hydrogen) atoms. The number of aryl methyl sites for hydroxylation is 1. The molecule has 7 nitrogen and oxygen atoms in total. The minimum Gasteiger partial charge on any atom is -0.497 e. The molecule has 4 rings (SSSR count). The number of fused-ring (bicyclic) bond motifs is 1. The number of anilines is 1. The number of carbonyl (C=O) groups excluding carboxylic acids is 1. The van der Waals surface area contributed by atoms with Gasteiger partial charge in [0.25, 0.3) is 5.91 Å². The van der Waals surface area contributed by atoms with Gasteiger partial charge in [-0.3, -0.25) is 4.79 Å². The largest absolute Gasteiger partial charge is 0.497 e. The van der Waals surface area contributed by atoms with Crippen molar-refractivity contribution in [2.75, 3.05) is 38.2 Å². The number of amides is 1.